The molecule has 0 amide bonds. The Morgan fingerprint density at radius 1 is 1.40 bits per heavy atom. The summed E-state index contributed by atoms with van der Waals surface area (Å²) in [6, 6.07) is -0.126. The van der Waals surface area contributed by atoms with Gasteiger partial charge in [0.15, 0.2) is 0 Å². The van der Waals surface area contributed by atoms with Gasteiger partial charge in [0.05, 0.1) is 13.1 Å². The van der Waals surface area contributed by atoms with Gasteiger partial charge in [0.25, 0.3) is 0 Å². The van der Waals surface area contributed by atoms with Crippen LogP contribution in [0.5, 0.6) is 0 Å². The zero-order valence-electron chi connectivity index (χ0n) is 9.06. The Kier molecular flexibility index (Phi) is 6.37. The lowest BCUT2D eigenvalue weighted by molar-refractivity contribution is -0.149. The van der Waals surface area contributed by atoms with Crippen LogP contribution in [0, 0.1) is 12.3 Å². The van der Waals surface area contributed by atoms with Crippen molar-refractivity contribution in [3.63, 3.8) is 0 Å². The number of nitrogens with one attached hydrogen (secondary N) is 1. The quantitative estimate of drug-likeness (QED) is 0.541. The van der Waals surface area contributed by atoms with Gasteiger partial charge in [0, 0.05) is 19.1 Å². The van der Waals surface area contributed by atoms with Crippen LogP contribution in [0.3, 0.4) is 0 Å². The molecule has 0 heterocycles. The van der Waals surface area contributed by atoms with Crippen molar-refractivity contribution < 1.29 is 13.2 Å². The standard InChI is InChI=1S/C10H17F3N2/c1-4-5-14-6-7-15(9(2)3)8-10(11,12)13/h1,9,14H,5-8H2,2-3H3. The SMILES string of the molecule is C#CCNCCN(CC(F)(F)F)C(C)C. The fraction of sp³-hybridized carbons (Fsp3) is 0.800. The van der Waals surface area contributed by atoms with Gasteiger partial charge in [-0.1, -0.05) is 5.92 Å². The van der Waals surface area contributed by atoms with Gasteiger partial charge in [-0.15, -0.1) is 6.42 Å². The molecule has 0 saturated carbocycles. The summed E-state index contributed by atoms with van der Waals surface area (Å²) >= 11 is 0. The molecule has 0 radical (unpaired) electrons. The monoisotopic (exact) mass is 222 g/mol. The number of alkyl halides is 3. The average molecular weight is 222 g/mol. The minimum absolute atomic E-state index is 0.126. The highest BCUT2D eigenvalue weighted by molar-refractivity contribution is 4.86. The van der Waals surface area contributed by atoms with E-state index in [0.29, 0.717) is 19.6 Å². The predicted octanol–water partition coefficient (Wildman–Crippen LogP) is 1.48. The molecule has 0 aromatic rings. The molecule has 15 heavy (non-hydrogen) atoms. The summed E-state index contributed by atoms with van der Waals surface area (Å²) in [4.78, 5) is 1.36. The molecular formula is C10H17F3N2. The van der Waals surface area contributed by atoms with Crippen molar-refractivity contribution in [3.05, 3.63) is 0 Å². The van der Waals surface area contributed by atoms with E-state index in [9.17, 15) is 13.2 Å². The van der Waals surface area contributed by atoms with E-state index in [1.165, 1.54) is 4.90 Å². The molecule has 5 heteroatoms. The van der Waals surface area contributed by atoms with Gasteiger partial charge in [-0.25, -0.2) is 0 Å². The predicted molar refractivity (Wildman–Crippen MR) is 54.5 cm³/mol. The fourth-order valence-electron chi connectivity index (χ4n) is 1.13. The number of rotatable bonds is 6. The van der Waals surface area contributed by atoms with E-state index in [1.807, 2.05) is 0 Å². The van der Waals surface area contributed by atoms with Gasteiger partial charge >= 0.3 is 6.18 Å². The molecule has 0 atom stereocenters. The molecule has 0 rings (SSSR count). The van der Waals surface area contributed by atoms with Gasteiger partial charge in [-0.2, -0.15) is 13.2 Å². The molecule has 0 spiro atoms. The van der Waals surface area contributed by atoms with Crippen LogP contribution in [0.1, 0.15) is 13.8 Å². The molecule has 0 aromatic carbocycles. The van der Waals surface area contributed by atoms with Crippen molar-refractivity contribution in [3.8, 4) is 12.3 Å². The highest BCUT2D eigenvalue weighted by atomic mass is 19.4. The number of terminal acetylenes is 1. The minimum Gasteiger partial charge on any atom is -0.305 e. The first-order valence-electron chi connectivity index (χ1n) is 4.82. The molecule has 0 unspecified atom stereocenters. The first-order valence-corrected chi connectivity index (χ1v) is 4.82. The lowest BCUT2D eigenvalue weighted by atomic mass is 10.3. The molecule has 2 nitrogen and oxygen atoms in total. The Morgan fingerprint density at radius 3 is 2.40 bits per heavy atom. The maximum atomic E-state index is 12.1. The van der Waals surface area contributed by atoms with Crippen molar-refractivity contribution in [1.82, 2.24) is 10.2 Å². The van der Waals surface area contributed by atoms with Crippen LogP contribution in [0.2, 0.25) is 0 Å². The lowest BCUT2D eigenvalue weighted by Gasteiger charge is -2.27. The second kappa shape index (κ2) is 6.70. The average Bonchev–Trinajstić information content (AvgIpc) is 2.08. The Bertz CT molecular complexity index is 206. The van der Waals surface area contributed by atoms with Crippen LogP contribution in [-0.2, 0) is 0 Å². The van der Waals surface area contributed by atoms with Gasteiger partial charge < -0.3 is 5.32 Å². The van der Waals surface area contributed by atoms with Crippen molar-refractivity contribution >= 4 is 0 Å². The van der Waals surface area contributed by atoms with E-state index in [2.05, 4.69) is 11.2 Å². The van der Waals surface area contributed by atoms with E-state index in [4.69, 9.17) is 6.42 Å². The zero-order chi connectivity index (χ0) is 11.9. The van der Waals surface area contributed by atoms with E-state index >= 15 is 0 Å². The lowest BCUT2D eigenvalue weighted by Crippen LogP contribution is -2.42. The molecule has 0 fully saturated rings. The third-order valence-electron chi connectivity index (χ3n) is 1.92. The maximum Gasteiger partial charge on any atom is 0.401 e. The second-order valence-electron chi connectivity index (χ2n) is 3.56. The Hall–Kier alpha value is -0.730. The summed E-state index contributed by atoms with van der Waals surface area (Å²) in [5, 5.41) is 2.86. The zero-order valence-corrected chi connectivity index (χ0v) is 9.06. The molecule has 0 aliphatic carbocycles. The van der Waals surface area contributed by atoms with Crippen LogP contribution in [-0.4, -0.2) is 43.3 Å². The molecule has 0 aliphatic heterocycles. The number of halogens is 3. The largest absolute Gasteiger partial charge is 0.401 e. The van der Waals surface area contributed by atoms with Gasteiger partial charge in [0.1, 0.15) is 0 Å². The van der Waals surface area contributed by atoms with E-state index < -0.39 is 12.7 Å². The van der Waals surface area contributed by atoms with Crippen LogP contribution >= 0.6 is 0 Å². The summed E-state index contributed by atoms with van der Waals surface area (Å²) in [5.41, 5.74) is 0. The van der Waals surface area contributed by atoms with Crippen LogP contribution in [0.4, 0.5) is 13.2 Å². The highest BCUT2D eigenvalue weighted by Crippen LogP contribution is 2.17. The van der Waals surface area contributed by atoms with Crippen molar-refractivity contribution in [2.24, 2.45) is 0 Å². The van der Waals surface area contributed by atoms with E-state index in [1.54, 1.807) is 13.8 Å². The third-order valence-corrected chi connectivity index (χ3v) is 1.92. The van der Waals surface area contributed by atoms with E-state index in [0.717, 1.165) is 0 Å². The van der Waals surface area contributed by atoms with Gasteiger partial charge in [0.2, 0.25) is 0 Å². The number of hydrogen-bond acceptors (Lipinski definition) is 2. The third kappa shape index (κ3) is 8.28. The summed E-state index contributed by atoms with van der Waals surface area (Å²) in [5.74, 6) is 2.37. The maximum absolute atomic E-state index is 12.1. The first-order chi connectivity index (χ1) is 6.87. The van der Waals surface area contributed by atoms with Gasteiger partial charge in [-0.05, 0) is 13.8 Å². The molecule has 1 N–H and O–H groups in total. The Balaban J connectivity index is 3.91. The molecule has 0 aliphatic rings. The first kappa shape index (κ1) is 14.3. The number of nitrogens with zero attached hydrogens (tertiary/aromatic N) is 1. The second-order valence-corrected chi connectivity index (χ2v) is 3.56. The Morgan fingerprint density at radius 2 is 2.00 bits per heavy atom. The summed E-state index contributed by atoms with van der Waals surface area (Å²) in [6.07, 6.45) is 0.858. The fourth-order valence-corrected chi connectivity index (χ4v) is 1.13. The molecule has 0 bridgehead atoms. The summed E-state index contributed by atoms with van der Waals surface area (Å²) in [6.45, 7) is 3.82. The van der Waals surface area contributed by atoms with Crippen molar-refractivity contribution in [1.29, 1.82) is 0 Å². The normalized spacial score (nSPS) is 12.1. The molecule has 0 saturated heterocycles. The van der Waals surface area contributed by atoms with Crippen molar-refractivity contribution in [2.75, 3.05) is 26.2 Å². The topological polar surface area (TPSA) is 15.3 Å². The highest BCUT2D eigenvalue weighted by Gasteiger charge is 2.31. The van der Waals surface area contributed by atoms with Crippen LogP contribution < -0.4 is 5.32 Å². The Labute approximate surface area is 88.8 Å². The summed E-state index contributed by atoms with van der Waals surface area (Å²) < 4.78 is 36.4. The summed E-state index contributed by atoms with van der Waals surface area (Å²) in [7, 11) is 0. The molecule has 0 aromatic heterocycles. The molecule has 88 valence electrons. The van der Waals surface area contributed by atoms with Crippen molar-refractivity contribution in [2.45, 2.75) is 26.1 Å². The minimum atomic E-state index is -4.14. The van der Waals surface area contributed by atoms with Crippen LogP contribution in [0.25, 0.3) is 0 Å². The van der Waals surface area contributed by atoms with Gasteiger partial charge in [-0.3, -0.25) is 4.90 Å². The van der Waals surface area contributed by atoms with E-state index in [-0.39, 0.29) is 6.04 Å². The number of hydrogen-bond donors (Lipinski definition) is 1. The van der Waals surface area contributed by atoms with Crippen LogP contribution in [0.15, 0.2) is 0 Å². The smallest absolute Gasteiger partial charge is 0.305 e. The molecular weight excluding hydrogens is 205 g/mol.